The summed E-state index contributed by atoms with van der Waals surface area (Å²) in [6.07, 6.45) is 1.04. The van der Waals surface area contributed by atoms with Crippen molar-refractivity contribution in [2.75, 3.05) is 27.9 Å². The van der Waals surface area contributed by atoms with E-state index in [1.54, 1.807) is 6.92 Å². The molecule has 1 aromatic rings. The fourth-order valence-electron chi connectivity index (χ4n) is 1.59. The summed E-state index contributed by atoms with van der Waals surface area (Å²) in [7, 11) is 4.37. The fraction of sp³-hybridized carbons (Fsp3) is 0.357. The van der Waals surface area contributed by atoms with Crippen LogP contribution in [-0.4, -0.2) is 33.9 Å². The largest absolute Gasteiger partial charge is 0.493 e. The average Bonchev–Trinajstić information content (AvgIpc) is 2.46. The molecule has 0 aromatic heterocycles. The molecule has 0 fully saturated rings. The number of benzene rings is 1. The van der Waals surface area contributed by atoms with Crippen molar-refractivity contribution in [3.63, 3.8) is 0 Å². The van der Waals surface area contributed by atoms with Gasteiger partial charge in [-0.15, -0.1) is 0 Å². The fourth-order valence-corrected chi connectivity index (χ4v) is 1.59. The molecule has 0 amide bonds. The van der Waals surface area contributed by atoms with E-state index < -0.39 is 11.8 Å². The number of hydrogen-bond donors (Lipinski definition) is 0. The molecule has 0 spiro atoms. The molecule has 0 heterocycles. The van der Waals surface area contributed by atoms with Gasteiger partial charge in [0.1, 0.15) is 0 Å². The van der Waals surface area contributed by atoms with Gasteiger partial charge in [-0.3, -0.25) is 0 Å². The monoisotopic (exact) mass is 284 g/mol. The maximum absolute atomic E-state index is 13.6. The lowest BCUT2D eigenvalue weighted by Crippen LogP contribution is -2.04. The molecule has 0 aliphatic heterocycles. The second-order valence-corrected chi connectivity index (χ2v) is 3.67. The van der Waals surface area contributed by atoms with Crippen molar-refractivity contribution in [2.45, 2.75) is 6.92 Å². The second-order valence-electron chi connectivity index (χ2n) is 3.67. The molecule has 20 heavy (non-hydrogen) atoms. The third kappa shape index (κ3) is 3.63. The molecule has 0 bridgehead atoms. The first-order valence-electron chi connectivity index (χ1n) is 5.91. The standard InChI is InChI=1S/C14H17FO5/c1-5-20-14(16)10(15)6-9-7-11(17-2)13(19-4)12(8-9)18-3/h6-8H,5H2,1-4H3/b10-6-. The van der Waals surface area contributed by atoms with E-state index in [-0.39, 0.29) is 6.61 Å². The zero-order valence-corrected chi connectivity index (χ0v) is 11.9. The summed E-state index contributed by atoms with van der Waals surface area (Å²) in [5.74, 6) is -0.879. The van der Waals surface area contributed by atoms with E-state index in [1.807, 2.05) is 0 Å². The molecule has 0 saturated carbocycles. The van der Waals surface area contributed by atoms with Crippen molar-refractivity contribution in [1.29, 1.82) is 0 Å². The minimum Gasteiger partial charge on any atom is -0.493 e. The Morgan fingerprint density at radius 2 is 1.70 bits per heavy atom. The highest BCUT2D eigenvalue weighted by Crippen LogP contribution is 2.38. The third-order valence-electron chi connectivity index (χ3n) is 2.45. The summed E-state index contributed by atoms with van der Waals surface area (Å²) in [5, 5.41) is 0. The highest BCUT2D eigenvalue weighted by atomic mass is 19.1. The van der Waals surface area contributed by atoms with Gasteiger partial charge in [-0.1, -0.05) is 0 Å². The van der Waals surface area contributed by atoms with Gasteiger partial charge in [-0.2, -0.15) is 4.39 Å². The van der Waals surface area contributed by atoms with Crippen LogP contribution in [-0.2, 0) is 9.53 Å². The quantitative estimate of drug-likeness (QED) is 0.593. The molecule has 1 rings (SSSR count). The van der Waals surface area contributed by atoms with E-state index in [0.717, 1.165) is 6.08 Å². The van der Waals surface area contributed by atoms with Gasteiger partial charge in [0, 0.05) is 0 Å². The van der Waals surface area contributed by atoms with Crippen molar-refractivity contribution < 1.29 is 28.1 Å². The molecule has 0 radical (unpaired) electrons. The molecule has 0 saturated heterocycles. The first-order chi connectivity index (χ1) is 9.57. The highest BCUT2D eigenvalue weighted by Gasteiger charge is 2.14. The number of esters is 1. The van der Waals surface area contributed by atoms with Crippen molar-refractivity contribution >= 4 is 12.0 Å². The van der Waals surface area contributed by atoms with E-state index >= 15 is 0 Å². The molecular weight excluding hydrogens is 267 g/mol. The first kappa shape index (κ1) is 15.8. The topological polar surface area (TPSA) is 54.0 Å². The van der Waals surface area contributed by atoms with Gasteiger partial charge in [-0.05, 0) is 30.7 Å². The summed E-state index contributed by atoms with van der Waals surface area (Å²) in [4.78, 5) is 11.2. The Balaban J connectivity index is 3.19. The van der Waals surface area contributed by atoms with E-state index in [4.69, 9.17) is 14.2 Å². The van der Waals surface area contributed by atoms with Gasteiger partial charge in [0.25, 0.3) is 0 Å². The van der Waals surface area contributed by atoms with Gasteiger partial charge in [0.2, 0.25) is 11.6 Å². The van der Waals surface area contributed by atoms with Crippen molar-refractivity contribution in [1.82, 2.24) is 0 Å². The molecule has 0 atom stereocenters. The Morgan fingerprint density at radius 1 is 1.15 bits per heavy atom. The van der Waals surface area contributed by atoms with Crippen LogP contribution in [0, 0.1) is 0 Å². The normalized spacial score (nSPS) is 10.9. The van der Waals surface area contributed by atoms with Crippen LogP contribution in [0.15, 0.2) is 18.0 Å². The van der Waals surface area contributed by atoms with E-state index in [2.05, 4.69) is 4.74 Å². The van der Waals surface area contributed by atoms with Crippen molar-refractivity contribution in [3.8, 4) is 17.2 Å². The predicted molar refractivity (Wildman–Crippen MR) is 71.8 cm³/mol. The van der Waals surface area contributed by atoms with Gasteiger partial charge < -0.3 is 18.9 Å². The minimum atomic E-state index is -1.01. The predicted octanol–water partition coefficient (Wildman–Crippen LogP) is 2.59. The van der Waals surface area contributed by atoms with Crippen LogP contribution < -0.4 is 14.2 Å². The van der Waals surface area contributed by atoms with Crippen LogP contribution in [0.5, 0.6) is 17.2 Å². The van der Waals surface area contributed by atoms with Gasteiger partial charge in [0.15, 0.2) is 11.5 Å². The molecule has 0 aliphatic carbocycles. The third-order valence-corrected chi connectivity index (χ3v) is 2.45. The van der Waals surface area contributed by atoms with Crippen LogP contribution >= 0.6 is 0 Å². The highest BCUT2D eigenvalue weighted by molar-refractivity contribution is 5.91. The lowest BCUT2D eigenvalue weighted by molar-refractivity contribution is -0.140. The molecular formula is C14H17FO5. The second kappa shape index (κ2) is 7.37. The van der Waals surface area contributed by atoms with Gasteiger partial charge in [0.05, 0.1) is 27.9 Å². The number of rotatable bonds is 6. The van der Waals surface area contributed by atoms with Gasteiger partial charge >= 0.3 is 5.97 Å². The number of carbonyl (C=O) groups is 1. The van der Waals surface area contributed by atoms with Crippen LogP contribution in [0.1, 0.15) is 12.5 Å². The minimum absolute atomic E-state index is 0.106. The van der Waals surface area contributed by atoms with E-state index in [1.165, 1.54) is 33.5 Å². The molecule has 0 aliphatic rings. The Hall–Kier alpha value is -2.24. The van der Waals surface area contributed by atoms with Crippen molar-refractivity contribution in [3.05, 3.63) is 23.5 Å². The summed E-state index contributed by atoms with van der Waals surface area (Å²) in [6, 6.07) is 3.06. The molecule has 1 aromatic carbocycles. The number of halogens is 1. The van der Waals surface area contributed by atoms with Gasteiger partial charge in [-0.25, -0.2) is 4.79 Å². The average molecular weight is 284 g/mol. The van der Waals surface area contributed by atoms with Crippen molar-refractivity contribution in [2.24, 2.45) is 0 Å². The Labute approximate surface area is 116 Å². The summed E-state index contributed by atoms with van der Waals surface area (Å²) < 4.78 is 33.6. The summed E-state index contributed by atoms with van der Waals surface area (Å²) >= 11 is 0. The SMILES string of the molecule is CCOC(=O)/C(F)=C/c1cc(OC)c(OC)c(OC)c1. The molecule has 5 nitrogen and oxygen atoms in total. The van der Waals surface area contributed by atoms with Crippen LogP contribution in [0.3, 0.4) is 0 Å². The zero-order chi connectivity index (χ0) is 15.1. The lowest BCUT2D eigenvalue weighted by atomic mass is 10.1. The summed E-state index contributed by atoms with van der Waals surface area (Å²) in [5.41, 5.74) is 0.394. The first-order valence-corrected chi connectivity index (χ1v) is 5.91. The Bertz CT molecular complexity index is 485. The van der Waals surface area contributed by atoms with E-state index in [9.17, 15) is 9.18 Å². The van der Waals surface area contributed by atoms with Crippen LogP contribution in [0.25, 0.3) is 6.08 Å². The van der Waals surface area contributed by atoms with Crippen LogP contribution in [0.4, 0.5) is 4.39 Å². The summed E-state index contributed by atoms with van der Waals surface area (Å²) in [6.45, 7) is 1.71. The molecule has 0 N–H and O–H groups in total. The number of ether oxygens (including phenoxy) is 4. The lowest BCUT2D eigenvalue weighted by Gasteiger charge is -2.12. The number of methoxy groups -OCH3 is 3. The molecule has 110 valence electrons. The Morgan fingerprint density at radius 3 is 2.10 bits per heavy atom. The Kier molecular flexibility index (Phi) is 5.83. The molecule has 0 unspecified atom stereocenters. The maximum Gasteiger partial charge on any atom is 0.367 e. The smallest absolute Gasteiger partial charge is 0.367 e. The van der Waals surface area contributed by atoms with Crippen LogP contribution in [0.2, 0.25) is 0 Å². The zero-order valence-electron chi connectivity index (χ0n) is 11.9. The number of carbonyl (C=O) groups excluding carboxylic acids is 1. The van der Waals surface area contributed by atoms with E-state index in [0.29, 0.717) is 22.8 Å². The maximum atomic E-state index is 13.6. The number of hydrogen-bond acceptors (Lipinski definition) is 5. The molecule has 6 heteroatoms.